The van der Waals surface area contributed by atoms with Gasteiger partial charge in [-0.25, -0.2) is 4.98 Å². The number of anilines is 1. The second kappa shape index (κ2) is 7.33. The molecule has 0 spiro atoms. The molecule has 0 unspecified atom stereocenters. The summed E-state index contributed by atoms with van der Waals surface area (Å²) in [6.07, 6.45) is 5.88. The number of carbonyl (C=O) groups excluding carboxylic acids is 1. The van der Waals surface area contributed by atoms with Gasteiger partial charge in [-0.3, -0.25) is 9.78 Å². The normalized spacial score (nSPS) is 16.1. The zero-order chi connectivity index (χ0) is 17.9. The summed E-state index contributed by atoms with van der Waals surface area (Å²) in [5.74, 6) is 0.338. The molecule has 4 heterocycles. The van der Waals surface area contributed by atoms with Crippen LogP contribution in [0.2, 0.25) is 0 Å². The molecular formula is C19H18N4O2S. The zero-order valence-corrected chi connectivity index (χ0v) is 14.8. The molecule has 3 aromatic heterocycles. The second-order valence-electron chi connectivity index (χ2n) is 5.96. The number of fused-ring (bicyclic) bond motifs is 1. The highest BCUT2D eigenvalue weighted by Crippen LogP contribution is 2.33. The van der Waals surface area contributed by atoms with E-state index in [-0.39, 0.29) is 12.0 Å². The Labute approximate surface area is 155 Å². The quantitative estimate of drug-likeness (QED) is 0.741. The molecule has 3 aromatic rings. The number of nitrogens with zero attached hydrogens (tertiary/aromatic N) is 2. The van der Waals surface area contributed by atoms with Gasteiger partial charge in [-0.1, -0.05) is 6.07 Å². The van der Waals surface area contributed by atoms with E-state index < -0.39 is 0 Å². The van der Waals surface area contributed by atoms with Crippen molar-refractivity contribution in [1.82, 2.24) is 9.97 Å². The molecule has 0 radical (unpaired) electrons. The van der Waals surface area contributed by atoms with Crippen molar-refractivity contribution in [3.8, 4) is 11.1 Å². The highest BCUT2D eigenvalue weighted by Gasteiger charge is 2.24. The number of nitrogens with two attached hydrogens (primary N) is 1. The van der Waals surface area contributed by atoms with E-state index in [0.29, 0.717) is 23.8 Å². The molecule has 1 aliphatic heterocycles. The number of nitrogens with one attached hydrogen (secondary N) is 1. The first kappa shape index (κ1) is 16.8. The van der Waals surface area contributed by atoms with Crippen LogP contribution in [-0.2, 0) is 11.2 Å². The van der Waals surface area contributed by atoms with Gasteiger partial charge in [0.05, 0.1) is 17.6 Å². The molecule has 0 saturated heterocycles. The lowest BCUT2D eigenvalue weighted by atomic mass is 10.1. The maximum absolute atomic E-state index is 12.6. The monoisotopic (exact) mass is 366 g/mol. The van der Waals surface area contributed by atoms with Crippen molar-refractivity contribution in [3.05, 3.63) is 64.2 Å². The maximum atomic E-state index is 12.6. The average molecular weight is 366 g/mol. The van der Waals surface area contributed by atoms with Crippen LogP contribution in [0.15, 0.2) is 48.9 Å². The van der Waals surface area contributed by atoms with Crippen molar-refractivity contribution in [1.29, 1.82) is 0 Å². The maximum Gasteiger partial charge on any atom is 0.266 e. The molecule has 132 valence electrons. The fourth-order valence-corrected chi connectivity index (χ4v) is 4.08. The molecule has 0 bridgehead atoms. The SMILES string of the molecule is NC[C@H]1OCCc2sc(C(=O)Nc3cc(-c4cccnc4)ccn3)cc21. The Balaban J connectivity index is 1.55. The van der Waals surface area contributed by atoms with Crippen LogP contribution in [-0.4, -0.2) is 29.0 Å². The number of carbonyl (C=O) groups is 1. The van der Waals surface area contributed by atoms with Gasteiger partial charge in [0.15, 0.2) is 0 Å². The van der Waals surface area contributed by atoms with E-state index in [1.807, 2.05) is 30.3 Å². The number of ether oxygens (including phenoxy) is 1. The van der Waals surface area contributed by atoms with Crippen LogP contribution in [0.1, 0.15) is 26.2 Å². The minimum absolute atomic E-state index is 0.122. The number of aromatic nitrogens is 2. The number of hydrogen-bond acceptors (Lipinski definition) is 6. The predicted molar refractivity (Wildman–Crippen MR) is 101 cm³/mol. The topological polar surface area (TPSA) is 90.1 Å². The third kappa shape index (κ3) is 3.37. The standard InChI is InChI=1S/C19H18N4O2S/c20-10-15-14-9-17(26-16(14)4-7-25-15)19(24)23-18-8-12(3-6-22-18)13-2-1-5-21-11-13/h1-3,5-6,8-9,11,15H,4,7,10,20H2,(H,22,23,24)/t15-/m1/s1. The van der Waals surface area contributed by atoms with Crippen LogP contribution in [0, 0.1) is 0 Å². The number of pyridine rings is 2. The summed E-state index contributed by atoms with van der Waals surface area (Å²) in [4.78, 5) is 22.8. The second-order valence-corrected chi connectivity index (χ2v) is 7.10. The fourth-order valence-electron chi connectivity index (χ4n) is 2.99. The molecular weight excluding hydrogens is 348 g/mol. The predicted octanol–water partition coefficient (Wildman–Crippen LogP) is 3.03. The van der Waals surface area contributed by atoms with E-state index >= 15 is 0 Å². The van der Waals surface area contributed by atoms with Crippen LogP contribution >= 0.6 is 11.3 Å². The third-order valence-corrected chi connectivity index (χ3v) is 5.48. The van der Waals surface area contributed by atoms with E-state index in [0.717, 1.165) is 23.1 Å². The number of rotatable bonds is 4. The van der Waals surface area contributed by atoms with Crippen molar-refractivity contribution in [3.63, 3.8) is 0 Å². The van der Waals surface area contributed by atoms with Crippen molar-refractivity contribution < 1.29 is 9.53 Å². The third-order valence-electron chi connectivity index (χ3n) is 4.27. The van der Waals surface area contributed by atoms with E-state index in [1.165, 1.54) is 16.2 Å². The fraction of sp³-hybridized carbons (Fsp3) is 0.211. The summed E-state index contributed by atoms with van der Waals surface area (Å²) in [6.45, 7) is 1.06. The smallest absolute Gasteiger partial charge is 0.266 e. The molecule has 6 nitrogen and oxygen atoms in total. The van der Waals surface area contributed by atoms with Gasteiger partial charge in [0.2, 0.25) is 0 Å². The Morgan fingerprint density at radius 2 is 2.23 bits per heavy atom. The van der Waals surface area contributed by atoms with Crippen molar-refractivity contribution >= 4 is 23.1 Å². The summed E-state index contributed by atoms with van der Waals surface area (Å²) in [7, 11) is 0. The summed E-state index contributed by atoms with van der Waals surface area (Å²) in [6, 6.07) is 9.46. The Hall–Kier alpha value is -2.61. The molecule has 1 atom stereocenters. The summed E-state index contributed by atoms with van der Waals surface area (Å²) in [5.41, 5.74) is 8.72. The molecule has 0 saturated carbocycles. The number of hydrogen-bond donors (Lipinski definition) is 2. The van der Waals surface area contributed by atoms with Crippen LogP contribution in [0.3, 0.4) is 0 Å². The van der Waals surface area contributed by atoms with Gasteiger partial charge in [0.25, 0.3) is 5.91 Å². The first-order valence-corrected chi connectivity index (χ1v) is 9.18. The first-order valence-electron chi connectivity index (χ1n) is 8.36. The summed E-state index contributed by atoms with van der Waals surface area (Å²) in [5, 5.41) is 2.88. The van der Waals surface area contributed by atoms with E-state index in [9.17, 15) is 4.79 Å². The Morgan fingerprint density at radius 1 is 1.31 bits per heavy atom. The lowest BCUT2D eigenvalue weighted by Crippen LogP contribution is -2.21. The van der Waals surface area contributed by atoms with E-state index in [4.69, 9.17) is 10.5 Å². The molecule has 0 aliphatic carbocycles. The highest BCUT2D eigenvalue weighted by atomic mass is 32.1. The van der Waals surface area contributed by atoms with E-state index in [1.54, 1.807) is 18.6 Å². The van der Waals surface area contributed by atoms with Crippen LogP contribution in [0.25, 0.3) is 11.1 Å². The Morgan fingerprint density at radius 3 is 3.04 bits per heavy atom. The number of thiophene rings is 1. The van der Waals surface area contributed by atoms with Gasteiger partial charge in [-0.2, -0.15) is 0 Å². The van der Waals surface area contributed by atoms with Crippen LogP contribution in [0.4, 0.5) is 5.82 Å². The molecule has 0 fully saturated rings. The molecule has 1 aliphatic rings. The molecule has 0 aromatic carbocycles. The average Bonchev–Trinajstić information content (AvgIpc) is 3.13. The minimum atomic E-state index is -0.170. The van der Waals surface area contributed by atoms with Crippen molar-refractivity contribution in [2.24, 2.45) is 5.73 Å². The van der Waals surface area contributed by atoms with Gasteiger partial charge in [0, 0.05) is 42.0 Å². The largest absolute Gasteiger partial charge is 0.372 e. The van der Waals surface area contributed by atoms with Crippen molar-refractivity contribution in [2.75, 3.05) is 18.5 Å². The summed E-state index contributed by atoms with van der Waals surface area (Å²) < 4.78 is 5.66. The summed E-state index contributed by atoms with van der Waals surface area (Å²) >= 11 is 1.50. The number of amides is 1. The van der Waals surface area contributed by atoms with Crippen LogP contribution < -0.4 is 11.1 Å². The highest BCUT2D eigenvalue weighted by molar-refractivity contribution is 7.14. The molecule has 7 heteroatoms. The molecule has 26 heavy (non-hydrogen) atoms. The molecule has 4 rings (SSSR count). The molecule has 3 N–H and O–H groups in total. The Kier molecular flexibility index (Phi) is 4.75. The van der Waals surface area contributed by atoms with Gasteiger partial charge in [0.1, 0.15) is 5.82 Å². The minimum Gasteiger partial charge on any atom is -0.372 e. The Bertz CT molecular complexity index is 926. The lowest BCUT2D eigenvalue weighted by Gasteiger charge is -2.21. The van der Waals surface area contributed by atoms with Gasteiger partial charge < -0.3 is 15.8 Å². The van der Waals surface area contributed by atoms with E-state index in [2.05, 4.69) is 15.3 Å². The zero-order valence-electron chi connectivity index (χ0n) is 14.0. The van der Waals surface area contributed by atoms with Crippen molar-refractivity contribution in [2.45, 2.75) is 12.5 Å². The van der Waals surface area contributed by atoms with Gasteiger partial charge in [-0.05, 0) is 35.4 Å². The lowest BCUT2D eigenvalue weighted by molar-refractivity contribution is 0.0498. The van der Waals surface area contributed by atoms with Gasteiger partial charge in [-0.15, -0.1) is 11.3 Å². The van der Waals surface area contributed by atoms with Gasteiger partial charge >= 0.3 is 0 Å². The first-order chi connectivity index (χ1) is 12.7. The van der Waals surface area contributed by atoms with Crippen LogP contribution in [0.5, 0.6) is 0 Å². The molecule has 1 amide bonds.